The van der Waals surface area contributed by atoms with Gasteiger partial charge in [0.05, 0.1) is 12.7 Å². The van der Waals surface area contributed by atoms with E-state index in [9.17, 15) is 18.0 Å². The zero-order chi connectivity index (χ0) is 23.5. The summed E-state index contributed by atoms with van der Waals surface area (Å²) < 4.78 is 47.3. The molecule has 10 nitrogen and oxygen atoms in total. The van der Waals surface area contributed by atoms with E-state index in [1.165, 1.54) is 40.3 Å². The van der Waals surface area contributed by atoms with E-state index < -0.39 is 28.0 Å². The van der Waals surface area contributed by atoms with Gasteiger partial charge in [-0.1, -0.05) is 0 Å². The van der Waals surface area contributed by atoms with Crippen molar-refractivity contribution in [1.29, 1.82) is 0 Å². The molecule has 1 aliphatic rings. The maximum Gasteiger partial charge on any atom is 0.338 e. The summed E-state index contributed by atoms with van der Waals surface area (Å²) in [5, 5.41) is 2.64. The molecule has 11 heteroatoms. The van der Waals surface area contributed by atoms with Crippen LogP contribution in [-0.2, 0) is 19.6 Å². The van der Waals surface area contributed by atoms with E-state index in [4.69, 9.17) is 18.9 Å². The Labute approximate surface area is 186 Å². The molecule has 0 aliphatic carbocycles. The minimum Gasteiger partial charge on any atom is -0.495 e. The van der Waals surface area contributed by atoms with Crippen LogP contribution in [0.25, 0.3) is 0 Å². The van der Waals surface area contributed by atoms with Crippen molar-refractivity contribution >= 4 is 27.6 Å². The molecule has 2 aromatic carbocycles. The van der Waals surface area contributed by atoms with Crippen molar-refractivity contribution in [3.8, 4) is 17.2 Å². The maximum absolute atomic E-state index is 12.6. The summed E-state index contributed by atoms with van der Waals surface area (Å²) >= 11 is 0. The van der Waals surface area contributed by atoms with Crippen LogP contribution in [0.15, 0.2) is 41.3 Å². The molecule has 1 aliphatic heterocycles. The number of esters is 1. The molecule has 0 aromatic heterocycles. The summed E-state index contributed by atoms with van der Waals surface area (Å²) in [6.07, 6.45) is -1.15. The number of carbonyl (C=O) groups is 2. The van der Waals surface area contributed by atoms with Gasteiger partial charge in [-0.2, -0.15) is 0 Å². The highest BCUT2D eigenvalue weighted by Crippen LogP contribution is 2.32. The number of sulfonamides is 1. The average molecular weight is 464 g/mol. The molecule has 0 spiro atoms. The topological polar surface area (TPSA) is 120 Å². The third kappa shape index (κ3) is 4.94. The number of methoxy groups -OCH3 is 1. The van der Waals surface area contributed by atoms with Gasteiger partial charge in [0.15, 0.2) is 17.6 Å². The number of hydrogen-bond acceptors (Lipinski definition) is 8. The lowest BCUT2D eigenvalue weighted by molar-refractivity contribution is -0.123. The van der Waals surface area contributed by atoms with Gasteiger partial charge in [-0.25, -0.2) is 17.5 Å². The molecule has 1 atom stereocenters. The van der Waals surface area contributed by atoms with E-state index in [0.29, 0.717) is 30.4 Å². The lowest BCUT2D eigenvalue weighted by Crippen LogP contribution is -2.30. The molecule has 0 unspecified atom stereocenters. The molecule has 1 amide bonds. The smallest absolute Gasteiger partial charge is 0.338 e. The predicted molar refractivity (Wildman–Crippen MR) is 115 cm³/mol. The van der Waals surface area contributed by atoms with Crippen LogP contribution in [-0.4, -0.2) is 65.1 Å². The van der Waals surface area contributed by atoms with E-state index in [2.05, 4.69) is 5.32 Å². The van der Waals surface area contributed by atoms with Crippen molar-refractivity contribution < 1.29 is 37.0 Å². The third-order valence-electron chi connectivity index (χ3n) is 4.62. The molecule has 3 rings (SSSR count). The molecular formula is C21H24N2O8S. The van der Waals surface area contributed by atoms with Crippen LogP contribution in [0.2, 0.25) is 0 Å². The zero-order valence-corrected chi connectivity index (χ0v) is 18.9. The number of anilines is 1. The molecule has 0 fully saturated rings. The van der Waals surface area contributed by atoms with E-state index in [-0.39, 0.29) is 16.2 Å². The van der Waals surface area contributed by atoms with Gasteiger partial charge < -0.3 is 24.3 Å². The Kier molecular flexibility index (Phi) is 6.90. The SMILES string of the molecule is COc1ccc(C(=O)O[C@H](C)C(=O)Nc2ccc3c(c2)OCCO3)cc1S(=O)(=O)N(C)C. The van der Waals surface area contributed by atoms with Crippen molar-refractivity contribution in [1.82, 2.24) is 4.31 Å². The minimum absolute atomic E-state index is 0.0368. The Bertz CT molecular complexity index is 1130. The molecule has 1 heterocycles. The fourth-order valence-corrected chi connectivity index (χ4v) is 3.92. The van der Waals surface area contributed by atoms with Crippen molar-refractivity contribution in [3.63, 3.8) is 0 Å². The highest BCUT2D eigenvalue weighted by molar-refractivity contribution is 7.89. The van der Waals surface area contributed by atoms with Gasteiger partial charge in [0.1, 0.15) is 23.9 Å². The Morgan fingerprint density at radius 3 is 2.41 bits per heavy atom. The average Bonchev–Trinajstić information content (AvgIpc) is 2.78. The molecule has 0 radical (unpaired) electrons. The van der Waals surface area contributed by atoms with Crippen LogP contribution in [0, 0.1) is 0 Å². The summed E-state index contributed by atoms with van der Waals surface area (Å²) in [4.78, 5) is 24.9. The van der Waals surface area contributed by atoms with Gasteiger partial charge in [-0.15, -0.1) is 0 Å². The molecular weight excluding hydrogens is 440 g/mol. The Balaban J connectivity index is 1.72. The first kappa shape index (κ1) is 23.4. The summed E-state index contributed by atoms with van der Waals surface area (Å²) in [6, 6.07) is 8.80. The van der Waals surface area contributed by atoms with Crippen LogP contribution >= 0.6 is 0 Å². The number of ether oxygens (including phenoxy) is 4. The first-order valence-electron chi connectivity index (χ1n) is 9.65. The molecule has 1 N–H and O–H groups in total. The number of carbonyl (C=O) groups excluding carboxylic acids is 2. The van der Waals surface area contributed by atoms with Gasteiger partial charge in [-0.3, -0.25) is 4.79 Å². The monoisotopic (exact) mass is 464 g/mol. The van der Waals surface area contributed by atoms with Crippen LogP contribution in [0.3, 0.4) is 0 Å². The van der Waals surface area contributed by atoms with Gasteiger partial charge in [0.25, 0.3) is 5.91 Å². The summed E-state index contributed by atoms with van der Waals surface area (Å²) in [5.74, 6) is -0.250. The van der Waals surface area contributed by atoms with Crippen molar-refractivity contribution in [2.24, 2.45) is 0 Å². The van der Waals surface area contributed by atoms with Crippen molar-refractivity contribution in [3.05, 3.63) is 42.0 Å². The summed E-state index contributed by atoms with van der Waals surface area (Å²) in [6.45, 7) is 2.27. The van der Waals surface area contributed by atoms with Crippen molar-refractivity contribution in [2.45, 2.75) is 17.9 Å². The van der Waals surface area contributed by atoms with Crippen LogP contribution in [0.5, 0.6) is 17.2 Å². The van der Waals surface area contributed by atoms with Gasteiger partial charge in [0.2, 0.25) is 10.0 Å². The first-order chi connectivity index (χ1) is 15.1. The Morgan fingerprint density at radius 2 is 1.75 bits per heavy atom. The second kappa shape index (κ2) is 9.45. The quantitative estimate of drug-likeness (QED) is 0.617. The largest absolute Gasteiger partial charge is 0.495 e. The van der Waals surface area contributed by atoms with Crippen LogP contribution in [0.4, 0.5) is 5.69 Å². The number of benzene rings is 2. The lowest BCUT2D eigenvalue weighted by Gasteiger charge is -2.19. The Hall–Kier alpha value is -3.31. The highest BCUT2D eigenvalue weighted by atomic mass is 32.2. The molecule has 32 heavy (non-hydrogen) atoms. The fraction of sp³-hybridized carbons (Fsp3) is 0.333. The van der Waals surface area contributed by atoms with E-state index in [1.807, 2.05) is 0 Å². The highest BCUT2D eigenvalue weighted by Gasteiger charge is 2.26. The van der Waals surface area contributed by atoms with Gasteiger partial charge in [-0.05, 0) is 37.3 Å². The van der Waals surface area contributed by atoms with Gasteiger partial charge >= 0.3 is 5.97 Å². The molecule has 0 saturated heterocycles. The van der Waals surface area contributed by atoms with Gasteiger partial charge in [0, 0.05) is 25.8 Å². The number of amides is 1. The number of fused-ring (bicyclic) bond motifs is 1. The standard InChI is InChI=1S/C21H24N2O8S/c1-13(20(24)22-15-6-8-16-18(12-15)30-10-9-29-16)31-21(25)14-5-7-17(28-4)19(11-14)32(26,27)23(2)3/h5-8,11-13H,9-10H2,1-4H3,(H,22,24)/t13-/m1/s1. The zero-order valence-electron chi connectivity index (χ0n) is 18.1. The second-order valence-electron chi connectivity index (χ2n) is 7.05. The predicted octanol–water partition coefficient (Wildman–Crippen LogP) is 1.90. The van der Waals surface area contributed by atoms with Crippen LogP contribution in [0.1, 0.15) is 17.3 Å². The van der Waals surface area contributed by atoms with E-state index in [1.54, 1.807) is 18.2 Å². The number of rotatable bonds is 7. The minimum atomic E-state index is -3.87. The van der Waals surface area contributed by atoms with E-state index >= 15 is 0 Å². The summed E-state index contributed by atoms with van der Waals surface area (Å²) in [5.41, 5.74) is 0.413. The maximum atomic E-state index is 12.6. The normalized spacial score (nSPS) is 13.9. The third-order valence-corrected chi connectivity index (χ3v) is 6.46. The fourth-order valence-electron chi connectivity index (χ4n) is 2.85. The molecule has 2 aromatic rings. The second-order valence-corrected chi connectivity index (χ2v) is 9.17. The van der Waals surface area contributed by atoms with Crippen molar-refractivity contribution in [2.75, 3.05) is 39.7 Å². The molecule has 0 saturated carbocycles. The van der Waals surface area contributed by atoms with E-state index in [0.717, 1.165) is 10.4 Å². The van der Waals surface area contributed by atoms with Crippen LogP contribution < -0.4 is 19.5 Å². The molecule has 172 valence electrons. The summed E-state index contributed by atoms with van der Waals surface area (Å²) in [7, 11) is 0.186. The molecule has 0 bridgehead atoms. The number of nitrogens with zero attached hydrogens (tertiary/aromatic N) is 1. The Morgan fingerprint density at radius 1 is 1.06 bits per heavy atom. The lowest BCUT2D eigenvalue weighted by atomic mass is 10.2. The first-order valence-corrected chi connectivity index (χ1v) is 11.1. The number of hydrogen-bond donors (Lipinski definition) is 1. The number of nitrogens with one attached hydrogen (secondary N) is 1.